The molecule has 0 spiro atoms. The maximum Gasteiger partial charge on any atom is 0.322 e. The van der Waals surface area contributed by atoms with E-state index in [1.54, 1.807) is 35.5 Å². The highest BCUT2D eigenvalue weighted by Crippen LogP contribution is 2.31. The molecule has 0 saturated heterocycles. The van der Waals surface area contributed by atoms with Gasteiger partial charge in [-0.05, 0) is 47.5 Å². The maximum absolute atomic E-state index is 12.8. The predicted octanol–water partition coefficient (Wildman–Crippen LogP) is 5.48. The van der Waals surface area contributed by atoms with Gasteiger partial charge in [-0.15, -0.1) is 0 Å². The smallest absolute Gasteiger partial charge is 0.322 e. The number of rotatable bonds is 2. The van der Waals surface area contributed by atoms with Gasteiger partial charge in [-0.1, -0.05) is 35.3 Å². The summed E-state index contributed by atoms with van der Waals surface area (Å²) in [7, 11) is 0. The number of benzene rings is 2. The van der Waals surface area contributed by atoms with Crippen LogP contribution < -0.4 is 10.1 Å². The lowest BCUT2D eigenvalue weighted by Crippen LogP contribution is -2.36. The van der Waals surface area contributed by atoms with Crippen LogP contribution in [0.25, 0.3) is 11.1 Å². The molecule has 142 valence electrons. The van der Waals surface area contributed by atoms with E-state index in [0.29, 0.717) is 35.4 Å². The molecule has 0 saturated carbocycles. The van der Waals surface area contributed by atoms with Crippen molar-refractivity contribution in [3.05, 3.63) is 76.5 Å². The number of aromatic nitrogens is 1. The van der Waals surface area contributed by atoms with Crippen molar-refractivity contribution in [3.63, 3.8) is 0 Å². The third kappa shape index (κ3) is 3.91. The second-order valence-electron chi connectivity index (χ2n) is 6.36. The zero-order valence-electron chi connectivity index (χ0n) is 14.9. The number of fused-ring (bicyclic) bond motifs is 1. The quantitative estimate of drug-likeness (QED) is 0.604. The first-order valence-corrected chi connectivity index (χ1v) is 9.53. The summed E-state index contributed by atoms with van der Waals surface area (Å²) in [4.78, 5) is 18.5. The monoisotopic (exact) mass is 413 g/mol. The van der Waals surface area contributed by atoms with Crippen molar-refractivity contribution >= 4 is 34.9 Å². The Morgan fingerprint density at radius 3 is 2.71 bits per heavy atom. The van der Waals surface area contributed by atoms with E-state index in [0.717, 1.165) is 22.4 Å². The average Bonchev–Trinajstić information content (AvgIpc) is 2.94. The molecule has 28 heavy (non-hydrogen) atoms. The molecule has 5 nitrogen and oxygen atoms in total. The van der Waals surface area contributed by atoms with Crippen LogP contribution in [0.15, 0.2) is 60.9 Å². The summed E-state index contributed by atoms with van der Waals surface area (Å²) in [5.74, 6) is 0.786. The van der Waals surface area contributed by atoms with E-state index in [-0.39, 0.29) is 6.03 Å². The van der Waals surface area contributed by atoms with Gasteiger partial charge < -0.3 is 15.0 Å². The minimum Gasteiger partial charge on any atom is -0.491 e. The lowest BCUT2D eigenvalue weighted by atomic mass is 10.0. The first-order chi connectivity index (χ1) is 13.6. The van der Waals surface area contributed by atoms with Crippen molar-refractivity contribution < 1.29 is 9.53 Å². The Bertz CT molecular complexity index is 1010. The molecule has 1 aliphatic rings. The molecule has 0 aliphatic carbocycles. The van der Waals surface area contributed by atoms with Gasteiger partial charge in [-0.2, -0.15) is 0 Å². The summed E-state index contributed by atoms with van der Waals surface area (Å²) >= 11 is 12.2. The molecule has 3 aromatic rings. The molecule has 4 rings (SSSR count). The number of carbonyl (C=O) groups is 1. The lowest BCUT2D eigenvalue weighted by Gasteiger charge is -2.21. The van der Waals surface area contributed by atoms with Gasteiger partial charge in [0.2, 0.25) is 0 Å². The molecule has 0 fully saturated rings. The maximum atomic E-state index is 12.8. The number of nitrogens with one attached hydrogen (secondary N) is 1. The number of hydrogen-bond donors (Lipinski definition) is 1. The van der Waals surface area contributed by atoms with Crippen molar-refractivity contribution in [1.82, 2.24) is 9.88 Å². The molecule has 0 bridgehead atoms. The standard InChI is InChI=1S/C21H17Cl2N3O2/c22-17-2-1-3-18(20(17)23)25-21(27)26-10-11-28-19-5-4-15(12-16(19)13-26)14-6-8-24-9-7-14/h1-9,12H,10-11,13H2,(H,25,27). The van der Waals surface area contributed by atoms with Crippen LogP contribution in [0.3, 0.4) is 0 Å². The molecule has 0 atom stereocenters. The summed E-state index contributed by atoms with van der Waals surface area (Å²) in [6.07, 6.45) is 3.51. The lowest BCUT2D eigenvalue weighted by molar-refractivity contribution is 0.200. The molecule has 2 heterocycles. The number of urea groups is 1. The summed E-state index contributed by atoms with van der Waals surface area (Å²) in [6.45, 7) is 1.31. The minimum absolute atomic E-state index is 0.255. The fourth-order valence-electron chi connectivity index (χ4n) is 3.09. The van der Waals surface area contributed by atoms with Crippen LogP contribution in [0.2, 0.25) is 10.0 Å². The molecule has 1 aromatic heterocycles. The third-order valence-electron chi connectivity index (χ3n) is 4.53. The number of ether oxygens (including phenoxy) is 1. The van der Waals surface area contributed by atoms with E-state index in [9.17, 15) is 4.79 Å². The Morgan fingerprint density at radius 1 is 1.07 bits per heavy atom. The number of hydrogen-bond acceptors (Lipinski definition) is 3. The van der Waals surface area contributed by atoms with E-state index in [1.165, 1.54) is 0 Å². The van der Waals surface area contributed by atoms with Crippen LogP contribution >= 0.6 is 23.2 Å². The van der Waals surface area contributed by atoms with Crippen molar-refractivity contribution in [3.8, 4) is 16.9 Å². The van der Waals surface area contributed by atoms with E-state index in [1.807, 2.05) is 30.3 Å². The fraction of sp³-hybridized carbons (Fsp3) is 0.143. The van der Waals surface area contributed by atoms with Crippen molar-refractivity contribution in [2.45, 2.75) is 6.54 Å². The summed E-state index contributed by atoms with van der Waals surface area (Å²) in [5, 5.41) is 3.55. The Hall–Kier alpha value is -2.76. The van der Waals surface area contributed by atoms with Crippen LogP contribution in [-0.2, 0) is 6.54 Å². The number of carbonyl (C=O) groups excluding carboxylic acids is 1. The molecule has 7 heteroatoms. The molecule has 1 N–H and O–H groups in total. The van der Waals surface area contributed by atoms with E-state index < -0.39 is 0 Å². The first-order valence-electron chi connectivity index (χ1n) is 8.78. The van der Waals surface area contributed by atoms with Crippen LogP contribution in [0.1, 0.15) is 5.56 Å². The van der Waals surface area contributed by atoms with Gasteiger partial charge in [-0.3, -0.25) is 4.98 Å². The predicted molar refractivity (Wildman–Crippen MR) is 111 cm³/mol. The number of pyridine rings is 1. The molecular weight excluding hydrogens is 397 g/mol. The summed E-state index contributed by atoms with van der Waals surface area (Å²) < 4.78 is 5.83. The van der Waals surface area contributed by atoms with Gasteiger partial charge in [0.05, 0.1) is 28.8 Å². The highest BCUT2D eigenvalue weighted by atomic mass is 35.5. The van der Waals surface area contributed by atoms with Crippen LogP contribution in [0.4, 0.5) is 10.5 Å². The Labute approximate surface area is 172 Å². The van der Waals surface area contributed by atoms with Crippen molar-refractivity contribution in [2.24, 2.45) is 0 Å². The normalized spacial score (nSPS) is 13.3. The molecular formula is C21H17Cl2N3O2. The van der Waals surface area contributed by atoms with Gasteiger partial charge >= 0.3 is 6.03 Å². The van der Waals surface area contributed by atoms with Gasteiger partial charge in [0.1, 0.15) is 12.4 Å². The molecule has 0 radical (unpaired) electrons. The summed E-state index contributed by atoms with van der Waals surface area (Å²) in [6, 6.07) is 14.8. The third-order valence-corrected chi connectivity index (χ3v) is 5.35. The largest absolute Gasteiger partial charge is 0.491 e. The molecule has 1 aliphatic heterocycles. The second-order valence-corrected chi connectivity index (χ2v) is 7.15. The van der Waals surface area contributed by atoms with Crippen LogP contribution in [0.5, 0.6) is 5.75 Å². The zero-order chi connectivity index (χ0) is 19.5. The van der Waals surface area contributed by atoms with E-state index in [2.05, 4.69) is 10.3 Å². The van der Waals surface area contributed by atoms with Crippen LogP contribution in [0, 0.1) is 0 Å². The van der Waals surface area contributed by atoms with Gasteiger partial charge in [0, 0.05) is 18.0 Å². The molecule has 2 amide bonds. The highest BCUT2D eigenvalue weighted by Gasteiger charge is 2.21. The number of anilines is 1. The average molecular weight is 414 g/mol. The molecule has 2 aromatic carbocycles. The Kier molecular flexibility index (Phi) is 5.37. The Balaban J connectivity index is 1.57. The second kappa shape index (κ2) is 8.09. The first kappa shape index (κ1) is 18.6. The number of nitrogens with zero attached hydrogens (tertiary/aromatic N) is 2. The van der Waals surface area contributed by atoms with Crippen molar-refractivity contribution in [1.29, 1.82) is 0 Å². The molecule has 0 unspecified atom stereocenters. The van der Waals surface area contributed by atoms with Gasteiger partial charge in [-0.25, -0.2) is 4.79 Å². The van der Waals surface area contributed by atoms with E-state index >= 15 is 0 Å². The van der Waals surface area contributed by atoms with E-state index in [4.69, 9.17) is 27.9 Å². The number of halogens is 2. The number of amides is 2. The zero-order valence-corrected chi connectivity index (χ0v) is 16.4. The van der Waals surface area contributed by atoms with Gasteiger partial charge in [0.15, 0.2) is 0 Å². The topological polar surface area (TPSA) is 54.5 Å². The van der Waals surface area contributed by atoms with Crippen LogP contribution in [-0.4, -0.2) is 29.1 Å². The summed E-state index contributed by atoms with van der Waals surface area (Å²) in [5.41, 5.74) is 3.53. The van der Waals surface area contributed by atoms with Crippen molar-refractivity contribution in [2.75, 3.05) is 18.5 Å². The SMILES string of the molecule is O=C(Nc1cccc(Cl)c1Cl)N1CCOc2ccc(-c3ccncc3)cc2C1. The Morgan fingerprint density at radius 2 is 1.89 bits per heavy atom. The fourth-order valence-corrected chi connectivity index (χ4v) is 3.43. The minimum atomic E-state index is -0.255. The highest BCUT2D eigenvalue weighted by molar-refractivity contribution is 6.43. The van der Waals surface area contributed by atoms with Gasteiger partial charge in [0.25, 0.3) is 0 Å².